The molecule has 1 aromatic heterocycles. The first-order valence-electron chi connectivity index (χ1n) is 9.75. The fourth-order valence-corrected chi connectivity index (χ4v) is 4.64. The summed E-state index contributed by atoms with van der Waals surface area (Å²) in [5.41, 5.74) is 2.13. The van der Waals surface area contributed by atoms with E-state index in [1.54, 1.807) is 23.2 Å². The first kappa shape index (κ1) is 20.7. The number of carbonyl (C=O) groups excluding carboxylic acids is 1. The van der Waals surface area contributed by atoms with E-state index in [9.17, 15) is 9.18 Å². The van der Waals surface area contributed by atoms with Crippen LogP contribution in [0.2, 0.25) is 0 Å². The van der Waals surface area contributed by atoms with Crippen LogP contribution in [0.1, 0.15) is 16.1 Å². The van der Waals surface area contributed by atoms with Crippen molar-refractivity contribution in [3.05, 3.63) is 71.0 Å². The number of carbonyl (C=O) groups is 1. The van der Waals surface area contributed by atoms with E-state index in [0.717, 1.165) is 23.8 Å². The molecule has 1 saturated heterocycles. The summed E-state index contributed by atoms with van der Waals surface area (Å²) in [6.45, 7) is 3.39. The Hall–Kier alpha value is -2.58. The zero-order valence-corrected chi connectivity index (χ0v) is 18.3. The number of hydrogen-bond donors (Lipinski definition) is 1. The Labute approximate surface area is 183 Å². The number of aromatic nitrogens is 1. The summed E-state index contributed by atoms with van der Waals surface area (Å²) in [5.74, 6) is -0.362. The third-order valence-electron chi connectivity index (χ3n) is 5.08. The Morgan fingerprint density at radius 2 is 1.80 bits per heavy atom. The van der Waals surface area contributed by atoms with Gasteiger partial charge in [-0.1, -0.05) is 24.3 Å². The van der Waals surface area contributed by atoms with Crippen LogP contribution in [0, 0.1) is 5.82 Å². The number of nitrogens with one attached hydrogen (secondary N) is 1. The molecule has 3 aromatic rings. The molecule has 8 heteroatoms. The fraction of sp³-hybridized carbons (Fsp3) is 0.273. The lowest BCUT2D eigenvalue weighted by molar-refractivity contribution is 0.0946. The number of amides is 1. The summed E-state index contributed by atoms with van der Waals surface area (Å²) in [6, 6.07) is 15.0. The number of thiazole rings is 1. The van der Waals surface area contributed by atoms with Crippen LogP contribution in [-0.2, 0) is 6.54 Å². The highest BCUT2D eigenvalue weighted by Crippen LogP contribution is 2.25. The average Bonchev–Trinajstić information content (AvgIpc) is 3.29. The van der Waals surface area contributed by atoms with Gasteiger partial charge in [0, 0.05) is 43.0 Å². The highest BCUT2D eigenvalue weighted by Gasteiger charge is 2.22. The predicted octanol–water partition coefficient (Wildman–Crippen LogP) is 4.26. The van der Waals surface area contributed by atoms with E-state index in [0.29, 0.717) is 31.0 Å². The third kappa shape index (κ3) is 4.76. The summed E-state index contributed by atoms with van der Waals surface area (Å²) in [7, 11) is 0. The molecular formula is C22H23FN4OS2. The van der Waals surface area contributed by atoms with E-state index < -0.39 is 0 Å². The number of para-hydroxylation sites is 1. The Balaban J connectivity index is 1.31. The van der Waals surface area contributed by atoms with Crippen LogP contribution >= 0.6 is 23.1 Å². The maximum atomic E-state index is 14.0. The molecule has 5 nitrogen and oxygen atoms in total. The maximum absolute atomic E-state index is 14.0. The van der Waals surface area contributed by atoms with Crippen molar-refractivity contribution in [3.63, 3.8) is 0 Å². The van der Waals surface area contributed by atoms with Gasteiger partial charge in [0.1, 0.15) is 11.5 Å². The minimum Gasteiger partial charge on any atom is -0.366 e. The summed E-state index contributed by atoms with van der Waals surface area (Å²) in [5, 5.41) is 5.56. The molecule has 0 aliphatic carbocycles. The van der Waals surface area contributed by atoms with Crippen molar-refractivity contribution in [2.45, 2.75) is 11.4 Å². The Morgan fingerprint density at radius 1 is 1.10 bits per heavy atom. The lowest BCUT2D eigenvalue weighted by Gasteiger charge is -2.36. The molecule has 0 spiro atoms. The number of nitrogens with zero attached hydrogens (tertiary/aromatic N) is 3. The Kier molecular flexibility index (Phi) is 6.54. The van der Waals surface area contributed by atoms with Gasteiger partial charge in [0.2, 0.25) is 0 Å². The smallest absolute Gasteiger partial charge is 0.271 e. The van der Waals surface area contributed by atoms with E-state index in [1.165, 1.54) is 22.3 Å². The number of anilines is 2. The minimum absolute atomic E-state index is 0.170. The van der Waals surface area contributed by atoms with Crippen LogP contribution in [-0.4, -0.2) is 43.3 Å². The summed E-state index contributed by atoms with van der Waals surface area (Å²) in [6.07, 6.45) is 2.04. The quantitative estimate of drug-likeness (QED) is 0.578. The number of thioether (sulfide) groups is 1. The first-order chi connectivity index (χ1) is 14.6. The molecular weight excluding hydrogens is 419 g/mol. The lowest BCUT2D eigenvalue weighted by Crippen LogP contribution is -2.46. The zero-order valence-electron chi connectivity index (χ0n) is 16.7. The molecule has 2 aromatic carbocycles. The normalized spacial score (nSPS) is 14.1. The van der Waals surface area contributed by atoms with Gasteiger partial charge in [-0.05, 0) is 36.1 Å². The molecule has 0 atom stereocenters. The van der Waals surface area contributed by atoms with Crippen LogP contribution < -0.4 is 15.1 Å². The van der Waals surface area contributed by atoms with Crippen molar-refractivity contribution in [2.75, 3.05) is 42.2 Å². The third-order valence-corrected chi connectivity index (χ3v) is 6.73. The van der Waals surface area contributed by atoms with Crippen molar-refractivity contribution in [1.29, 1.82) is 0 Å². The van der Waals surface area contributed by atoms with Gasteiger partial charge in [-0.25, -0.2) is 9.37 Å². The Bertz CT molecular complexity index is 1000. The van der Waals surface area contributed by atoms with Crippen LogP contribution in [0.15, 0.2) is 58.8 Å². The van der Waals surface area contributed by atoms with Gasteiger partial charge < -0.3 is 15.1 Å². The molecule has 1 aliphatic rings. The molecule has 1 N–H and O–H groups in total. The van der Waals surface area contributed by atoms with Gasteiger partial charge in [-0.15, -0.1) is 23.1 Å². The van der Waals surface area contributed by atoms with Crippen molar-refractivity contribution in [3.8, 4) is 0 Å². The van der Waals surface area contributed by atoms with Gasteiger partial charge in [-0.3, -0.25) is 4.79 Å². The van der Waals surface area contributed by atoms with E-state index in [2.05, 4.69) is 20.1 Å². The summed E-state index contributed by atoms with van der Waals surface area (Å²) >= 11 is 3.16. The Morgan fingerprint density at radius 3 is 2.50 bits per heavy atom. The average molecular weight is 443 g/mol. The van der Waals surface area contributed by atoms with Gasteiger partial charge in [0.15, 0.2) is 5.13 Å². The standard InChI is InChI=1S/C22H23FN4OS2/c1-29-17-8-6-16(7-9-17)14-24-21(28)19-15-30-22(25-19)27-12-10-26(11-13-27)20-5-3-2-4-18(20)23/h2-9,15H,10-14H2,1H3,(H,24,28). The van der Waals surface area contributed by atoms with Crippen molar-refractivity contribution in [2.24, 2.45) is 0 Å². The molecule has 0 saturated carbocycles. The van der Waals surface area contributed by atoms with Gasteiger partial charge in [0.05, 0.1) is 5.69 Å². The van der Waals surface area contributed by atoms with E-state index in [-0.39, 0.29) is 11.7 Å². The second-order valence-corrected chi connectivity index (χ2v) is 8.69. The largest absolute Gasteiger partial charge is 0.366 e. The topological polar surface area (TPSA) is 48.5 Å². The molecule has 0 unspecified atom stereocenters. The predicted molar refractivity (Wildman–Crippen MR) is 122 cm³/mol. The van der Waals surface area contributed by atoms with Crippen LogP contribution in [0.5, 0.6) is 0 Å². The number of halogens is 1. The number of benzene rings is 2. The molecule has 1 aliphatic heterocycles. The molecule has 2 heterocycles. The maximum Gasteiger partial charge on any atom is 0.271 e. The van der Waals surface area contributed by atoms with Crippen LogP contribution in [0.25, 0.3) is 0 Å². The molecule has 1 amide bonds. The van der Waals surface area contributed by atoms with Crippen molar-refractivity contribution in [1.82, 2.24) is 10.3 Å². The van der Waals surface area contributed by atoms with Gasteiger partial charge in [-0.2, -0.15) is 0 Å². The monoisotopic (exact) mass is 442 g/mol. The second kappa shape index (κ2) is 9.49. The summed E-state index contributed by atoms with van der Waals surface area (Å²) < 4.78 is 14.0. The van der Waals surface area contributed by atoms with E-state index in [1.807, 2.05) is 42.7 Å². The van der Waals surface area contributed by atoms with Crippen LogP contribution in [0.4, 0.5) is 15.2 Å². The number of rotatable bonds is 6. The molecule has 0 bridgehead atoms. The molecule has 0 radical (unpaired) electrons. The van der Waals surface area contributed by atoms with E-state index in [4.69, 9.17) is 0 Å². The minimum atomic E-state index is -0.192. The molecule has 30 heavy (non-hydrogen) atoms. The van der Waals surface area contributed by atoms with Crippen molar-refractivity contribution >= 4 is 39.8 Å². The highest BCUT2D eigenvalue weighted by molar-refractivity contribution is 7.98. The molecule has 1 fully saturated rings. The number of hydrogen-bond acceptors (Lipinski definition) is 6. The zero-order chi connectivity index (χ0) is 20.9. The van der Waals surface area contributed by atoms with Gasteiger partial charge >= 0.3 is 0 Å². The van der Waals surface area contributed by atoms with Crippen molar-refractivity contribution < 1.29 is 9.18 Å². The fourth-order valence-electron chi connectivity index (χ4n) is 3.38. The molecule has 156 valence electrons. The SMILES string of the molecule is CSc1ccc(CNC(=O)c2csc(N3CCN(c4ccccc4F)CC3)n2)cc1. The van der Waals surface area contributed by atoms with Gasteiger partial charge in [0.25, 0.3) is 5.91 Å². The molecule has 4 rings (SSSR count). The van der Waals surface area contributed by atoms with E-state index >= 15 is 0 Å². The number of piperazine rings is 1. The second-order valence-electron chi connectivity index (χ2n) is 6.97. The first-order valence-corrected chi connectivity index (χ1v) is 11.9. The highest BCUT2D eigenvalue weighted by atomic mass is 32.2. The van der Waals surface area contributed by atoms with Crippen LogP contribution in [0.3, 0.4) is 0 Å². The summed E-state index contributed by atoms with van der Waals surface area (Å²) in [4.78, 5) is 22.4. The lowest BCUT2D eigenvalue weighted by atomic mass is 10.2.